The number of carbonyl (C=O) groups is 1. The lowest BCUT2D eigenvalue weighted by atomic mass is 10.0. The van der Waals surface area contributed by atoms with Gasteiger partial charge in [-0.25, -0.2) is 13.4 Å². The lowest BCUT2D eigenvalue weighted by molar-refractivity contribution is -0.155. The van der Waals surface area contributed by atoms with E-state index in [1.165, 1.54) is 5.41 Å². The quantitative estimate of drug-likeness (QED) is 0.150. The molecule has 11 heteroatoms. The summed E-state index contributed by atoms with van der Waals surface area (Å²) < 4.78 is 34.9. The fourth-order valence-corrected chi connectivity index (χ4v) is 6.66. The van der Waals surface area contributed by atoms with Crippen LogP contribution in [-0.4, -0.2) is 64.4 Å². The van der Waals surface area contributed by atoms with E-state index in [9.17, 15) is 13.2 Å². The number of benzene rings is 2. The van der Waals surface area contributed by atoms with Crippen LogP contribution < -0.4 is 0 Å². The molecule has 40 heavy (non-hydrogen) atoms. The third-order valence-corrected chi connectivity index (χ3v) is 9.23. The zero-order valence-corrected chi connectivity index (χ0v) is 26.3. The molecule has 3 aromatic rings. The lowest BCUT2D eigenvalue weighted by Gasteiger charge is -2.30. The van der Waals surface area contributed by atoms with Gasteiger partial charge in [0.1, 0.15) is 12.1 Å². The number of rotatable bonds is 9. The van der Waals surface area contributed by atoms with Gasteiger partial charge in [0.15, 0.2) is 5.16 Å². The van der Waals surface area contributed by atoms with E-state index in [1.807, 2.05) is 79.9 Å². The average molecular weight is 627 g/mol. The van der Waals surface area contributed by atoms with E-state index in [0.29, 0.717) is 30.6 Å². The molecular formula is C29H37Cl2N3O4S2. The Balaban J connectivity index is 0.00000103. The first-order valence-electron chi connectivity index (χ1n) is 13.2. The van der Waals surface area contributed by atoms with Gasteiger partial charge in [0, 0.05) is 36.0 Å². The number of esters is 1. The summed E-state index contributed by atoms with van der Waals surface area (Å²) >= 11 is 11.7. The highest BCUT2D eigenvalue weighted by Gasteiger charge is 2.28. The van der Waals surface area contributed by atoms with Crippen LogP contribution >= 0.6 is 35.0 Å². The Bertz CT molecular complexity index is 1370. The highest BCUT2D eigenvalue weighted by molar-refractivity contribution is 7.99. The van der Waals surface area contributed by atoms with E-state index >= 15 is 0 Å². The normalized spacial score (nSPS) is 16.6. The van der Waals surface area contributed by atoms with Crippen molar-refractivity contribution in [2.75, 3.05) is 30.6 Å². The van der Waals surface area contributed by atoms with E-state index in [1.54, 1.807) is 22.1 Å². The first-order chi connectivity index (χ1) is 19.0. The highest BCUT2D eigenvalue weighted by atomic mass is 35.5. The maximum atomic E-state index is 13.0. The second kappa shape index (κ2) is 15.3. The maximum Gasteiger partial charge on any atom is 0.326 e. The number of hydrogen-bond donors (Lipinski definition) is 0. The summed E-state index contributed by atoms with van der Waals surface area (Å²) in [6.45, 7) is 6.63. The van der Waals surface area contributed by atoms with Crippen molar-refractivity contribution in [3.8, 4) is 0 Å². The predicted octanol–water partition coefficient (Wildman–Crippen LogP) is 6.65. The standard InChI is InChI=1S/C27H33N3O4S2.C2H4Cl2/c1-27(2,3)34-25(31)19-30-24-14-8-7-13-23(24)28-26(30)35-20-22-12-9-16-29(18-22)36(32,33)17-15-21-10-5-4-6-11-21;3-1-2-4/h4-8,10-11,13-15,17,22H,9,12,16,18-20H2,1-3H3;1-2H2. The number of sulfonamides is 1. The molecular weight excluding hydrogens is 589 g/mol. The van der Waals surface area contributed by atoms with Crippen LogP contribution in [0.15, 0.2) is 65.2 Å². The summed E-state index contributed by atoms with van der Waals surface area (Å²) in [7, 11) is -3.50. The first-order valence-corrected chi connectivity index (χ1v) is 16.7. The van der Waals surface area contributed by atoms with Crippen LogP contribution in [0.25, 0.3) is 17.1 Å². The Morgan fingerprint density at radius 3 is 2.45 bits per heavy atom. The Kier molecular flexibility index (Phi) is 12.4. The monoisotopic (exact) mass is 625 g/mol. The number of para-hydroxylation sites is 2. The van der Waals surface area contributed by atoms with Crippen molar-refractivity contribution in [3.63, 3.8) is 0 Å². The number of aromatic nitrogens is 2. The van der Waals surface area contributed by atoms with E-state index in [-0.39, 0.29) is 18.4 Å². The summed E-state index contributed by atoms with van der Waals surface area (Å²) in [5, 5.41) is 2.05. The van der Waals surface area contributed by atoms with Gasteiger partial charge >= 0.3 is 5.97 Å². The zero-order valence-electron chi connectivity index (χ0n) is 23.1. The smallest absolute Gasteiger partial charge is 0.326 e. The molecule has 1 saturated heterocycles. The number of piperidine rings is 1. The van der Waals surface area contributed by atoms with Crippen molar-refractivity contribution in [1.82, 2.24) is 13.9 Å². The molecule has 1 aliphatic heterocycles. The van der Waals surface area contributed by atoms with Crippen molar-refractivity contribution < 1.29 is 17.9 Å². The van der Waals surface area contributed by atoms with E-state index < -0.39 is 15.6 Å². The Morgan fingerprint density at radius 2 is 1.77 bits per heavy atom. The molecule has 1 unspecified atom stereocenters. The molecule has 0 radical (unpaired) electrons. The molecule has 1 aromatic heterocycles. The van der Waals surface area contributed by atoms with Gasteiger partial charge in [-0.1, -0.05) is 54.2 Å². The minimum Gasteiger partial charge on any atom is -0.459 e. The van der Waals surface area contributed by atoms with Crippen LogP contribution in [0.1, 0.15) is 39.2 Å². The topological polar surface area (TPSA) is 81.5 Å². The molecule has 0 saturated carbocycles. The van der Waals surface area contributed by atoms with Crippen molar-refractivity contribution >= 4 is 68.1 Å². The second-order valence-electron chi connectivity index (χ2n) is 10.4. The Morgan fingerprint density at radius 1 is 1.10 bits per heavy atom. The molecule has 2 aromatic carbocycles. The number of ether oxygens (including phenoxy) is 1. The second-order valence-corrected chi connectivity index (χ2v) is 13.9. The van der Waals surface area contributed by atoms with Crippen LogP contribution in [0.2, 0.25) is 0 Å². The van der Waals surface area contributed by atoms with Crippen LogP contribution in [0.3, 0.4) is 0 Å². The maximum absolute atomic E-state index is 13.0. The van der Waals surface area contributed by atoms with Gasteiger partial charge in [0.05, 0.1) is 11.0 Å². The van der Waals surface area contributed by atoms with Crippen molar-refractivity contribution in [2.24, 2.45) is 5.92 Å². The average Bonchev–Trinajstić information content (AvgIpc) is 3.27. The van der Waals surface area contributed by atoms with Gasteiger partial charge in [0.25, 0.3) is 0 Å². The molecule has 4 rings (SSSR count). The third kappa shape index (κ3) is 10.1. The number of hydrogen-bond acceptors (Lipinski definition) is 6. The van der Waals surface area contributed by atoms with Gasteiger partial charge in [0.2, 0.25) is 10.0 Å². The molecule has 0 N–H and O–H groups in total. The number of nitrogens with zero attached hydrogens (tertiary/aromatic N) is 3. The zero-order chi connectivity index (χ0) is 29.2. The molecule has 1 fully saturated rings. The number of halogens is 2. The number of carbonyl (C=O) groups excluding carboxylic acids is 1. The summed E-state index contributed by atoms with van der Waals surface area (Å²) in [6.07, 6.45) is 3.42. The van der Waals surface area contributed by atoms with Gasteiger partial charge in [-0.3, -0.25) is 4.79 Å². The van der Waals surface area contributed by atoms with Crippen molar-refractivity contribution in [2.45, 2.75) is 50.9 Å². The third-order valence-electron chi connectivity index (χ3n) is 5.92. The predicted molar refractivity (Wildman–Crippen MR) is 166 cm³/mol. The summed E-state index contributed by atoms with van der Waals surface area (Å²) in [5.74, 6) is 1.71. The molecule has 1 aliphatic rings. The largest absolute Gasteiger partial charge is 0.459 e. The fourth-order valence-electron chi connectivity index (χ4n) is 4.22. The van der Waals surface area contributed by atoms with E-state index in [4.69, 9.17) is 32.9 Å². The van der Waals surface area contributed by atoms with Crippen LogP contribution in [-0.2, 0) is 26.1 Å². The number of imidazole rings is 1. The van der Waals surface area contributed by atoms with Gasteiger partial charge < -0.3 is 9.30 Å². The van der Waals surface area contributed by atoms with E-state index in [0.717, 1.165) is 34.6 Å². The van der Waals surface area contributed by atoms with Crippen LogP contribution in [0.4, 0.5) is 0 Å². The number of alkyl halides is 2. The minimum atomic E-state index is -3.50. The number of thioether (sulfide) groups is 1. The van der Waals surface area contributed by atoms with E-state index in [2.05, 4.69) is 0 Å². The molecule has 218 valence electrons. The Hall–Kier alpha value is -2.04. The molecule has 2 heterocycles. The van der Waals surface area contributed by atoms with Crippen LogP contribution in [0, 0.1) is 5.92 Å². The van der Waals surface area contributed by atoms with Gasteiger partial charge in [-0.2, -0.15) is 4.31 Å². The van der Waals surface area contributed by atoms with Crippen molar-refractivity contribution in [3.05, 3.63) is 65.6 Å². The molecule has 1 atom stereocenters. The molecule has 0 spiro atoms. The van der Waals surface area contributed by atoms with Gasteiger partial charge in [-0.15, -0.1) is 23.2 Å². The van der Waals surface area contributed by atoms with Crippen LogP contribution in [0.5, 0.6) is 0 Å². The summed E-state index contributed by atoms with van der Waals surface area (Å²) in [6, 6.07) is 17.2. The molecule has 0 aliphatic carbocycles. The fraction of sp³-hybridized carbons (Fsp3) is 0.448. The lowest BCUT2D eigenvalue weighted by Crippen LogP contribution is -2.39. The SMILES string of the molecule is CC(C)(C)OC(=O)Cn1c(SCC2CCCN(S(=O)(=O)C=Cc3ccccc3)C2)nc2ccccc21.ClCCCl. The molecule has 0 amide bonds. The number of fused-ring (bicyclic) bond motifs is 1. The molecule has 7 nitrogen and oxygen atoms in total. The van der Waals surface area contributed by atoms with Crippen molar-refractivity contribution in [1.29, 1.82) is 0 Å². The first kappa shape index (κ1) is 32.5. The summed E-state index contributed by atoms with van der Waals surface area (Å²) in [5.41, 5.74) is 1.99. The minimum absolute atomic E-state index is 0.0789. The van der Waals surface area contributed by atoms with Gasteiger partial charge in [-0.05, 0) is 63.3 Å². The highest BCUT2D eigenvalue weighted by Crippen LogP contribution is 2.30. The molecule has 0 bridgehead atoms. The summed E-state index contributed by atoms with van der Waals surface area (Å²) in [4.78, 5) is 17.3. The Labute approximate surface area is 251 Å².